The minimum atomic E-state index is -0.215. The second-order valence-electron chi connectivity index (χ2n) is 6.01. The third-order valence-electron chi connectivity index (χ3n) is 3.95. The van der Waals surface area contributed by atoms with Crippen LogP contribution < -0.4 is 10.6 Å². The van der Waals surface area contributed by atoms with Gasteiger partial charge >= 0.3 is 0 Å². The van der Waals surface area contributed by atoms with Crippen LogP contribution in [0.5, 0.6) is 0 Å². The molecule has 5 heteroatoms. The van der Waals surface area contributed by atoms with E-state index in [-0.39, 0.29) is 11.8 Å². The molecule has 0 saturated heterocycles. The number of furan rings is 1. The van der Waals surface area contributed by atoms with Crippen LogP contribution in [-0.4, -0.2) is 11.8 Å². The average Bonchev–Trinajstić information content (AvgIpc) is 3.18. The van der Waals surface area contributed by atoms with Crippen molar-refractivity contribution in [2.45, 2.75) is 20.0 Å². The number of carbonyl (C=O) groups excluding carboxylic acids is 2. The molecule has 0 saturated carbocycles. The lowest BCUT2D eigenvalue weighted by Gasteiger charge is -2.07. The fourth-order valence-corrected chi connectivity index (χ4v) is 2.56. The van der Waals surface area contributed by atoms with Gasteiger partial charge in [0.25, 0.3) is 11.8 Å². The van der Waals surface area contributed by atoms with Crippen LogP contribution in [0, 0.1) is 6.92 Å². The standard InChI is InChI=1S/C21H20N2O3/c1-15-4-2-5-16(12-15)13-22-20(24)17-7-9-18(10-8-17)21(25)23-14-19-6-3-11-26-19/h2-12H,13-14H2,1H3,(H,22,24)(H,23,25). The van der Waals surface area contributed by atoms with Gasteiger partial charge in [0.1, 0.15) is 5.76 Å². The SMILES string of the molecule is Cc1cccc(CNC(=O)c2ccc(C(=O)NCc3ccco3)cc2)c1. The van der Waals surface area contributed by atoms with Crippen molar-refractivity contribution in [3.63, 3.8) is 0 Å². The van der Waals surface area contributed by atoms with Gasteiger partial charge in [-0.15, -0.1) is 0 Å². The molecule has 3 rings (SSSR count). The number of benzene rings is 2. The van der Waals surface area contributed by atoms with Crippen LogP contribution in [0.3, 0.4) is 0 Å². The van der Waals surface area contributed by atoms with Gasteiger partial charge in [-0.1, -0.05) is 29.8 Å². The molecule has 2 aromatic carbocycles. The molecule has 0 spiro atoms. The van der Waals surface area contributed by atoms with Gasteiger partial charge in [-0.3, -0.25) is 9.59 Å². The summed E-state index contributed by atoms with van der Waals surface area (Å²) < 4.78 is 5.17. The quantitative estimate of drug-likeness (QED) is 0.717. The Morgan fingerprint density at radius 1 is 0.846 bits per heavy atom. The number of carbonyl (C=O) groups is 2. The number of nitrogens with one attached hydrogen (secondary N) is 2. The maximum absolute atomic E-state index is 12.2. The highest BCUT2D eigenvalue weighted by Gasteiger charge is 2.09. The number of amides is 2. The average molecular weight is 348 g/mol. The molecule has 0 aliphatic rings. The first kappa shape index (κ1) is 17.5. The molecule has 0 unspecified atom stereocenters. The summed E-state index contributed by atoms with van der Waals surface area (Å²) in [6.07, 6.45) is 1.56. The molecule has 1 heterocycles. The number of hydrogen-bond donors (Lipinski definition) is 2. The molecular weight excluding hydrogens is 328 g/mol. The predicted molar refractivity (Wildman–Crippen MR) is 98.7 cm³/mol. The minimum absolute atomic E-state index is 0.172. The molecule has 0 aliphatic heterocycles. The Balaban J connectivity index is 1.54. The lowest BCUT2D eigenvalue weighted by Crippen LogP contribution is -2.24. The Kier molecular flexibility index (Phi) is 5.49. The zero-order valence-corrected chi connectivity index (χ0v) is 14.5. The van der Waals surface area contributed by atoms with Crippen LogP contribution in [0.1, 0.15) is 37.6 Å². The van der Waals surface area contributed by atoms with Crippen molar-refractivity contribution in [2.24, 2.45) is 0 Å². The van der Waals surface area contributed by atoms with E-state index in [9.17, 15) is 9.59 Å². The third-order valence-corrected chi connectivity index (χ3v) is 3.95. The van der Waals surface area contributed by atoms with Gasteiger partial charge in [-0.05, 0) is 48.9 Å². The highest BCUT2D eigenvalue weighted by atomic mass is 16.3. The van der Waals surface area contributed by atoms with Gasteiger partial charge in [0.15, 0.2) is 0 Å². The second-order valence-corrected chi connectivity index (χ2v) is 6.01. The summed E-state index contributed by atoms with van der Waals surface area (Å²) in [6.45, 7) is 2.80. The van der Waals surface area contributed by atoms with Crippen LogP contribution in [0.15, 0.2) is 71.3 Å². The summed E-state index contributed by atoms with van der Waals surface area (Å²) >= 11 is 0. The molecule has 5 nitrogen and oxygen atoms in total. The fraction of sp³-hybridized carbons (Fsp3) is 0.143. The zero-order chi connectivity index (χ0) is 18.4. The summed E-state index contributed by atoms with van der Waals surface area (Å²) in [4.78, 5) is 24.4. The molecule has 2 amide bonds. The van der Waals surface area contributed by atoms with Crippen molar-refractivity contribution >= 4 is 11.8 Å². The van der Waals surface area contributed by atoms with E-state index >= 15 is 0 Å². The van der Waals surface area contributed by atoms with E-state index < -0.39 is 0 Å². The van der Waals surface area contributed by atoms with Gasteiger partial charge in [-0.2, -0.15) is 0 Å². The number of rotatable bonds is 6. The van der Waals surface area contributed by atoms with Crippen LogP contribution in [-0.2, 0) is 13.1 Å². The van der Waals surface area contributed by atoms with E-state index in [2.05, 4.69) is 10.6 Å². The predicted octanol–water partition coefficient (Wildman–Crippen LogP) is 3.45. The second kappa shape index (κ2) is 8.16. The molecule has 0 radical (unpaired) electrons. The smallest absolute Gasteiger partial charge is 0.251 e. The van der Waals surface area contributed by atoms with E-state index in [0.29, 0.717) is 30.0 Å². The van der Waals surface area contributed by atoms with Gasteiger partial charge in [0.05, 0.1) is 12.8 Å². The molecule has 1 aromatic heterocycles. The van der Waals surface area contributed by atoms with Crippen molar-refractivity contribution < 1.29 is 14.0 Å². The Morgan fingerprint density at radius 2 is 1.50 bits per heavy atom. The Bertz CT molecular complexity index is 884. The number of hydrogen-bond acceptors (Lipinski definition) is 3. The van der Waals surface area contributed by atoms with Gasteiger partial charge in [0.2, 0.25) is 0 Å². The summed E-state index contributed by atoms with van der Waals surface area (Å²) in [5.41, 5.74) is 3.21. The molecule has 0 fully saturated rings. The van der Waals surface area contributed by atoms with E-state index in [4.69, 9.17) is 4.42 Å². The Labute approximate surface area is 152 Å². The lowest BCUT2D eigenvalue weighted by atomic mass is 10.1. The van der Waals surface area contributed by atoms with E-state index in [0.717, 1.165) is 11.1 Å². The van der Waals surface area contributed by atoms with Crippen LogP contribution in [0.2, 0.25) is 0 Å². The van der Waals surface area contributed by atoms with Crippen molar-refractivity contribution in [1.82, 2.24) is 10.6 Å². The molecule has 0 bridgehead atoms. The van der Waals surface area contributed by atoms with E-state index in [1.807, 2.05) is 31.2 Å². The topological polar surface area (TPSA) is 71.3 Å². The third kappa shape index (κ3) is 4.60. The summed E-state index contributed by atoms with van der Waals surface area (Å²) in [6, 6.07) is 18.1. The first-order chi connectivity index (χ1) is 12.6. The van der Waals surface area contributed by atoms with E-state index in [1.54, 1.807) is 42.7 Å². The lowest BCUT2D eigenvalue weighted by molar-refractivity contribution is 0.0937. The van der Waals surface area contributed by atoms with Crippen LogP contribution in [0.4, 0.5) is 0 Å². The maximum Gasteiger partial charge on any atom is 0.251 e. The van der Waals surface area contributed by atoms with Gasteiger partial charge in [-0.25, -0.2) is 0 Å². The molecule has 0 atom stereocenters. The molecular formula is C21H20N2O3. The monoisotopic (exact) mass is 348 g/mol. The molecule has 0 aliphatic carbocycles. The summed E-state index contributed by atoms with van der Waals surface area (Å²) in [5.74, 6) is 0.299. The largest absolute Gasteiger partial charge is 0.467 e. The van der Waals surface area contributed by atoms with E-state index in [1.165, 1.54) is 0 Å². The van der Waals surface area contributed by atoms with Gasteiger partial charge < -0.3 is 15.1 Å². The van der Waals surface area contributed by atoms with Crippen molar-refractivity contribution in [2.75, 3.05) is 0 Å². The zero-order valence-electron chi connectivity index (χ0n) is 14.5. The highest BCUT2D eigenvalue weighted by molar-refractivity contribution is 5.97. The first-order valence-corrected chi connectivity index (χ1v) is 8.36. The van der Waals surface area contributed by atoms with Crippen molar-refractivity contribution in [3.8, 4) is 0 Å². The highest BCUT2D eigenvalue weighted by Crippen LogP contribution is 2.07. The molecule has 132 valence electrons. The molecule has 2 N–H and O–H groups in total. The van der Waals surface area contributed by atoms with Gasteiger partial charge in [0, 0.05) is 17.7 Å². The first-order valence-electron chi connectivity index (χ1n) is 8.36. The summed E-state index contributed by atoms with van der Waals surface area (Å²) in [5, 5.41) is 5.65. The Morgan fingerprint density at radius 3 is 2.08 bits per heavy atom. The summed E-state index contributed by atoms with van der Waals surface area (Å²) in [7, 11) is 0. The molecule has 26 heavy (non-hydrogen) atoms. The van der Waals surface area contributed by atoms with Crippen molar-refractivity contribution in [3.05, 3.63) is 94.9 Å². The normalized spacial score (nSPS) is 10.3. The minimum Gasteiger partial charge on any atom is -0.467 e. The van der Waals surface area contributed by atoms with Crippen molar-refractivity contribution in [1.29, 1.82) is 0 Å². The van der Waals surface area contributed by atoms with Crippen LogP contribution >= 0.6 is 0 Å². The Hall–Kier alpha value is -3.34. The fourth-order valence-electron chi connectivity index (χ4n) is 2.56. The number of aryl methyl sites for hydroxylation is 1. The van der Waals surface area contributed by atoms with Crippen LogP contribution in [0.25, 0.3) is 0 Å². The molecule has 3 aromatic rings. The maximum atomic E-state index is 12.2.